The number of aryl methyl sites for hydroxylation is 1. The molecule has 0 radical (unpaired) electrons. The highest BCUT2D eigenvalue weighted by atomic mass is 19.1. The largest absolute Gasteiger partial charge is 0.480 e. The van der Waals surface area contributed by atoms with Gasteiger partial charge < -0.3 is 10.1 Å². The quantitative estimate of drug-likeness (QED) is 0.492. The zero-order chi connectivity index (χ0) is 18.6. The summed E-state index contributed by atoms with van der Waals surface area (Å²) < 4.78 is 18.9. The number of carbonyl (C=O) groups is 2. The second-order valence-corrected chi connectivity index (χ2v) is 5.31. The van der Waals surface area contributed by atoms with Gasteiger partial charge in [-0.05, 0) is 37.6 Å². The first-order valence-corrected chi connectivity index (χ1v) is 7.29. The third-order valence-electron chi connectivity index (χ3n) is 3.44. The van der Waals surface area contributed by atoms with Crippen molar-refractivity contribution in [3.63, 3.8) is 0 Å². The monoisotopic (exact) mass is 346 g/mol. The van der Waals surface area contributed by atoms with Crippen molar-refractivity contribution in [3.05, 3.63) is 63.5 Å². The van der Waals surface area contributed by atoms with Gasteiger partial charge >= 0.3 is 0 Å². The van der Waals surface area contributed by atoms with Gasteiger partial charge in [0.05, 0.1) is 10.5 Å². The van der Waals surface area contributed by atoms with Crippen molar-refractivity contribution in [2.45, 2.75) is 20.0 Å². The molecule has 1 amide bonds. The molecule has 0 aliphatic carbocycles. The number of benzene rings is 2. The van der Waals surface area contributed by atoms with E-state index in [4.69, 9.17) is 4.74 Å². The van der Waals surface area contributed by atoms with E-state index in [2.05, 4.69) is 5.32 Å². The lowest BCUT2D eigenvalue weighted by Gasteiger charge is -2.16. The van der Waals surface area contributed by atoms with Gasteiger partial charge in [0.15, 0.2) is 12.4 Å². The molecule has 130 valence electrons. The van der Waals surface area contributed by atoms with Crippen molar-refractivity contribution < 1.29 is 23.6 Å². The minimum atomic E-state index is -1.01. The lowest BCUT2D eigenvalue weighted by Crippen LogP contribution is -2.30. The molecule has 0 aliphatic rings. The fourth-order valence-corrected chi connectivity index (χ4v) is 2.01. The summed E-state index contributed by atoms with van der Waals surface area (Å²) in [6, 6.07) is 7.73. The standard InChI is InChI=1S/C17H15FN2O5/c1-10-3-4-13(8-15(10)18)19-17(22)11(2)25-16-6-5-14(20(23)24)7-12(16)9-21/h3-9,11H,1-2H3,(H,19,22)/t11-/m0/s1. The number of anilines is 1. The second-order valence-electron chi connectivity index (χ2n) is 5.31. The van der Waals surface area contributed by atoms with Crippen LogP contribution in [-0.4, -0.2) is 23.2 Å². The molecule has 25 heavy (non-hydrogen) atoms. The Morgan fingerprint density at radius 3 is 2.64 bits per heavy atom. The Morgan fingerprint density at radius 2 is 2.04 bits per heavy atom. The molecule has 7 nitrogen and oxygen atoms in total. The van der Waals surface area contributed by atoms with Crippen LogP contribution in [0.1, 0.15) is 22.8 Å². The Hall–Kier alpha value is -3.29. The molecule has 0 aliphatic heterocycles. The Morgan fingerprint density at radius 1 is 1.32 bits per heavy atom. The lowest BCUT2D eigenvalue weighted by atomic mass is 10.2. The smallest absolute Gasteiger partial charge is 0.270 e. The van der Waals surface area contributed by atoms with E-state index in [1.807, 2.05) is 0 Å². The van der Waals surface area contributed by atoms with Crippen LogP contribution in [0, 0.1) is 22.9 Å². The van der Waals surface area contributed by atoms with Gasteiger partial charge in [-0.2, -0.15) is 0 Å². The van der Waals surface area contributed by atoms with Crippen molar-refractivity contribution in [3.8, 4) is 5.75 Å². The first kappa shape index (κ1) is 18.1. The Labute approximate surface area is 142 Å². The summed E-state index contributed by atoms with van der Waals surface area (Å²) in [5, 5.41) is 13.2. The third-order valence-corrected chi connectivity index (χ3v) is 3.44. The van der Waals surface area contributed by atoms with Gasteiger partial charge in [0.2, 0.25) is 0 Å². The van der Waals surface area contributed by atoms with Gasteiger partial charge in [-0.15, -0.1) is 0 Å². The maximum atomic E-state index is 13.5. The van der Waals surface area contributed by atoms with Crippen LogP contribution in [0.2, 0.25) is 0 Å². The number of non-ortho nitro benzene ring substituents is 1. The van der Waals surface area contributed by atoms with E-state index in [0.29, 0.717) is 11.8 Å². The molecule has 0 saturated carbocycles. The topological polar surface area (TPSA) is 98.5 Å². The SMILES string of the molecule is Cc1ccc(NC(=O)[C@H](C)Oc2ccc([N+](=O)[O-])cc2C=O)cc1F. The summed E-state index contributed by atoms with van der Waals surface area (Å²) >= 11 is 0. The summed E-state index contributed by atoms with van der Waals surface area (Å²) in [4.78, 5) is 33.3. The van der Waals surface area contributed by atoms with E-state index in [1.54, 1.807) is 13.0 Å². The molecule has 2 aromatic rings. The minimum Gasteiger partial charge on any atom is -0.480 e. The number of hydrogen-bond donors (Lipinski definition) is 1. The molecule has 0 spiro atoms. The molecule has 1 N–H and O–H groups in total. The summed E-state index contributed by atoms with van der Waals surface area (Å²) in [6.45, 7) is 3.04. The summed E-state index contributed by atoms with van der Waals surface area (Å²) in [7, 11) is 0. The van der Waals surface area contributed by atoms with Crippen LogP contribution in [0.25, 0.3) is 0 Å². The zero-order valence-electron chi connectivity index (χ0n) is 13.5. The van der Waals surface area contributed by atoms with Gasteiger partial charge in [0, 0.05) is 17.8 Å². The Kier molecular flexibility index (Phi) is 5.43. The van der Waals surface area contributed by atoms with Crippen LogP contribution in [0.4, 0.5) is 15.8 Å². The second kappa shape index (κ2) is 7.52. The van der Waals surface area contributed by atoms with Crippen LogP contribution >= 0.6 is 0 Å². The number of nitrogens with zero attached hydrogens (tertiary/aromatic N) is 1. The van der Waals surface area contributed by atoms with E-state index < -0.39 is 22.8 Å². The molecule has 0 unspecified atom stereocenters. The zero-order valence-corrected chi connectivity index (χ0v) is 13.5. The third kappa shape index (κ3) is 4.37. The number of nitro benzene ring substituents is 1. The van der Waals surface area contributed by atoms with Gasteiger partial charge in [-0.1, -0.05) is 6.07 Å². The average Bonchev–Trinajstić information content (AvgIpc) is 2.58. The van der Waals surface area contributed by atoms with Gasteiger partial charge in [-0.3, -0.25) is 19.7 Å². The molecular weight excluding hydrogens is 331 g/mol. The van der Waals surface area contributed by atoms with Crippen molar-refractivity contribution >= 4 is 23.6 Å². The number of amides is 1. The fourth-order valence-electron chi connectivity index (χ4n) is 2.01. The molecule has 8 heteroatoms. The maximum Gasteiger partial charge on any atom is 0.270 e. The summed E-state index contributed by atoms with van der Waals surface area (Å²) in [5.74, 6) is -0.971. The van der Waals surface area contributed by atoms with Gasteiger partial charge in [0.25, 0.3) is 11.6 Å². The van der Waals surface area contributed by atoms with Crippen molar-refractivity contribution in [1.29, 1.82) is 0 Å². The molecule has 2 aromatic carbocycles. The number of nitrogens with one attached hydrogen (secondary N) is 1. The molecule has 0 fully saturated rings. The van der Waals surface area contributed by atoms with E-state index in [1.165, 1.54) is 31.2 Å². The summed E-state index contributed by atoms with van der Waals surface area (Å²) in [5.41, 5.74) is 0.406. The van der Waals surface area contributed by atoms with Crippen molar-refractivity contribution in [2.24, 2.45) is 0 Å². The number of halogens is 1. The van der Waals surface area contributed by atoms with Gasteiger partial charge in [-0.25, -0.2) is 4.39 Å². The van der Waals surface area contributed by atoms with E-state index in [0.717, 1.165) is 6.07 Å². The van der Waals surface area contributed by atoms with Crippen molar-refractivity contribution in [1.82, 2.24) is 0 Å². The first-order chi connectivity index (χ1) is 11.8. The fraction of sp³-hybridized carbons (Fsp3) is 0.176. The minimum absolute atomic E-state index is 0.0401. The number of ether oxygens (including phenoxy) is 1. The molecule has 0 bridgehead atoms. The van der Waals surface area contributed by atoms with E-state index in [9.17, 15) is 24.1 Å². The van der Waals surface area contributed by atoms with Crippen LogP contribution in [0.3, 0.4) is 0 Å². The first-order valence-electron chi connectivity index (χ1n) is 7.29. The highest BCUT2D eigenvalue weighted by Gasteiger charge is 2.18. The molecule has 0 aromatic heterocycles. The molecule has 0 heterocycles. The van der Waals surface area contributed by atoms with Crippen LogP contribution < -0.4 is 10.1 Å². The van der Waals surface area contributed by atoms with Gasteiger partial charge in [0.1, 0.15) is 11.6 Å². The molecule has 1 atom stereocenters. The number of nitro groups is 1. The Balaban J connectivity index is 2.11. The highest BCUT2D eigenvalue weighted by molar-refractivity contribution is 5.94. The Bertz CT molecular complexity index is 838. The van der Waals surface area contributed by atoms with Crippen LogP contribution in [-0.2, 0) is 4.79 Å². The van der Waals surface area contributed by atoms with E-state index >= 15 is 0 Å². The van der Waals surface area contributed by atoms with Crippen molar-refractivity contribution in [2.75, 3.05) is 5.32 Å². The number of hydrogen-bond acceptors (Lipinski definition) is 5. The van der Waals surface area contributed by atoms with Crippen LogP contribution in [0.15, 0.2) is 36.4 Å². The average molecular weight is 346 g/mol. The molecule has 2 rings (SSSR count). The maximum absolute atomic E-state index is 13.5. The van der Waals surface area contributed by atoms with E-state index in [-0.39, 0.29) is 22.7 Å². The summed E-state index contributed by atoms with van der Waals surface area (Å²) in [6.07, 6.45) is -0.605. The predicted molar refractivity (Wildman–Crippen MR) is 88.3 cm³/mol. The highest BCUT2D eigenvalue weighted by Crippen LogP contribution is 2.24. The molecular formula is C17H15FN2O5. The van der Waals surface area contributed by atoms with Crippen LogP contribution in [0.5, 0.6) is 5.75 Å². The lowest BCUT2D eigenvalue weighted by molar-refractivity contribution is -0.384. The normalized spacial score (nSPS) is 11.5. The number of carbonyl (C=O) groups excluding carboxylic acids is 2. The predicted octanol–water partition coefficient (Wildman–Crippen LogP) is 3.26. The molecule has 0 saturated heterocycles. The number of rotatable bonds is 6. The number of aldehydes is 1.